The van der Waals surface area contributed by atoms with E-state index in [0.29, 0.717) is 0 Å². The molecule has 1 aliphatic heterocycles. The van der Waals surface area contributed by atoms with Crippen LogP contribution in [0.25, 0.3) is 10.2 Å². The number of anilines is 1. The number of piperidine rings is 1. The van der Waals surface area contributed by atoms with Crippen LogP contribution in [-0.4, -0.2) is 30.0 Å². The second kappa shape index (κ2) is 9.17. The molecular weight excluding hydrogens is 390 g/mol. The van der Waals surface area contributed by atoms with Gasteiger partial charge in [-0.25, -0.2) is 4.98 Å². The number of carbonyl (C=O) groups excluding carboxylic acids is 1. The lowest BCUT2D eigenvalue weighted by molar-refractivity contribution is -0.126. The molecule has 30 heavy (non-hydrogen) atoms. The average molecular weight is 422 g/mol. The number of fused-ring (bicyclic) bond motifs is 1. The van der Waals surface area contributed by atoms with E-state index < -0.39 is 0 Å². The standard InChI is InChI=1S/C25H31N3OS/c1-4-21(16-19-8-6-5-7-9-19)26-24(29)20-10-12-28(13-11-20)25-27-23-18(3)14-17(2)15-22(23)30-25/h5-9,14-15,20-21H,4,10-13,16H2,1-3H3,(H,26,29)/t21-/m1/s1. The van der Waals surface area contributed by atoms with E-state index in [9.17, 15) is 4.79 Å². The lowest BCUT2D eigenvalue weighted by Gasteiger charge is -2.32. The second-order valence-corrected chi connectivity index (χ2v) is 9.50. The minimum atomic E-state index is 0.101. The van der Waals surface area contributed by atoms with Crippen molar-refractivity contribution >= 4 is 32.6 Å². The molecule has 1 amide bonds. The number of carbonyl (C=O) groups is 1. The maximum Gasteiger partial charge on any atom is 0.223 e. The Bertz CT molecular complexity index is 1010. The van der Waals surface area contributed by atoms with Crippen molar-refractivity contribution in [2.75, 3.05) is 18.0 Å². The Labute approximate surface area is 183 Å². The summed E-state index contributed by atoms with van der Waals surface area (Å²) in [4.78, 5) is 20.1. The molecule has 0 aliphatic carbocycles. The van der Waals surface area contributed by atoms with Crippen molar-refractivity contribution in [1.29, 1.82) is 0 Å². The zero-order valence-electron chi connectivity index (χ0n) is 18.1. The molecule has 0 saturated carbocycles. The van der Waals surface area contributed by atoms with Crippen LogP contribution < -0.4 is 10.2 Å². The summed E-state index contributed by atoms with van der Waals surface area (Å²) >= 11 is 1.77. The Morgan fingerprint density at radius 3 is 2.63 bits per heavy atom. The summed E-state index contributed by atoms with van der Waals surface area (Å²) in [6.07, 6.45) is 3.62. The van der Waals surface area contributed by atoms with Gasteiger partial charge >= 0.3 is 0 Å². The quantitative estimate of drug-likeness (QED) is 0.590. The normalized spacial score (nSPS) is 16.0. The Morgan fingerprint density at radius 2 is 1.93 bits per heavy atom. The average Bonchev–Trinajstić information content (AvgIpc) is 3.18. The summed E-state index contributed by atoms with van der Waals surface area (Å²) in [5.41, 5.74) is 4.92. The molecule has 1 aliphatic rings. The van der Waals surface area contributed by atoms with Crippen LogP contribution >= 0.6 is 11.3 Å². The third kappa shape index (κ3) is 4.67. The molecule has 1 saturated heterocycles. The molecule has 0 radical (unpaired) electrons. The van der Waals surface area contributed by atoms with E-state index in [-0.39, 0.29) is 17.9 Å². The van der Waals surface area contributed by atoms with E-state index in [1.807, 2.05) is 6.07 Å². The first kappa shape index (κ1) is 20.9. The van der Waals surface area contributed by atoms with Gasteiger partial charge < -0.3 is 10.2 Å². The van der Waals surface area contributed by atoms with Crippen LogP contribution in [-0.2, 0) is 11.2 Å². The van der Waals surface area contributed by atoms with Gasteiger partial charge in [-0.1, -0.05) is 54.7 Å². The smallest absolute Gasteiger partial charge is 0.223 e. The number of amides is 1. The first-order chi connectivity index (χ1) is 14.5. The minimum absolute atomic E-state index is 0.101. The predicted octanol–water partition coefficient (Wildman–Crippen LogP) is 5.27. The van der Waals surface area contributed by atoms with Crippen molar-refractivity contribution in [1.82, 2.24) is 10.3 Å². The highest BCUT2D eigenvalue weighted by molar-refractivity contribution is 7.22. The van der Waals surface area contributed by atoms with E-state index in [1.54, 1.807) is 11.3 Å². The maximum atomic E-state index is 12.9. The summed E-state index contributed by atoms with van der Waals surface area (Å²) in [7, 11) is 0. The van der Waals surface area contributed by atoms with E-state index >= 15 is 0 Å². The van der Waals surface area contributed by atoms with Crippen LogP contribution in [0.2, 0.25) is 0 Å². The summed E-state index contributed by atoms with van der Waals surface area (Å²) in [5, 5.41) is 4.40. The van der Waals surface area contributed by atoms with Crippen molar-refractivity contribution in [2.45, 2.75) is 52.5 Å². The van der Waals surface area contributed by atoms with Crippen LogP contribution in [0, 0.1) is 19.8 Å². The molecule has 1 fully saturated rings. The van der Waals surface area contributed by atoms with Gasteiger partial charge in [0.15, 0.2) is 5.13 Å². The van der Waals surface area contributed by atoms with Crippen LogP contribution in [0.1, 0.15) is 42.9 Å². The Balaban J connectivity index is 1.34. The molecule has 158 valence electrons. The maximum absolute atomic E-state index is 12.9. The van der Waals surface area contributed by atoms with Crippen LogP contribution in [0.4, 0.5) is 5.13 Å². The summed E-state index contributed by atoms with van der Waals surface area (Å²) < 4.78 is 1.26. The fourth-order valence-corrected chi connectivity index (χ4v) is 5.54. The third-order valence-electron chi connectivity index (χ3n) is 6.12. The fraction of sp³-hybridized carbons (Fsp3) is 0.440. The van der Waals surface area contributed by atoms with Crippen molar-refractivity contribution < 1.29 is 4.79 Å². The number of aryl methyl sites for hydroxylation is 2. The lowest BCUT2D eigenvalue weighted by atomic mass is 9.95. The largest absolute Gasteiger partial charge is 0.353 e. The highest BCUT2D eigenvalue weighted by Gasteiger charge is 2.27. The summed E-state index contributed by atoms with van der Waals surface area (Å²) in [6, 6.07) is 15.0. The summed E-state index contributed by atoms with van der Waals surface area (Å²) in [5.74, 6) is 0.317. The minimum Gasteiger partial charge on any atom is -0.353 e. The molecule has 0 bridgehead atoms. The van der Waals surface area contributed by atoms with E-state index in [0.717, 1.165) is 49.4 Å². The van der Waals surface area contributed by atoms with Crippen LogP contribution in [0.3, 0.4) is 0 Å². The lowest BCUT2D eigenvalue weighted by Crippen LogP contribution is -2.44. The molecule has 2 aromatic carbocycles. The number of hydrogen-bond donors (Lipinski definition) is 1. The molecular formula is C25H31N3OS. The highest BCUT2D eigenvalue weighted by atomic mass is 32.1. The van der Waals surface area contributed by atoms with Gasteiger partial charge in [0, 0.05) is 25.0 Å². The third-order valence-corrected chi connectivity index (χ3v) is 7.18. The number of rotatable bonds is 6. The number of nitrogens with one attached hydrogen (secondary N) is 1. The van der Waals surface area contributed by atoms with Crippen LogP contribution in [0.15, 0.2) is 42.5 Å². The van der Waals surface area contributed by atoms with Gasteiger partial charge in [-0.15, -0.1) is 0 Å². The highest BCUT2D eigenvalue weighted by Crippen LogP contribution is 2.33. The van der Waals surface area contributed by atoms with Crippen molar-refractivity contribution in [2.24, 2.45) is 5.92 Å². The van der Waals surface area contributed by atoms with Gasteiger partial charge in [-0.05, 0) is 62.3 Å². The Hall–Kier alpha value is -2.40. The van der Waals surface area contributed by atoms with E-state index in [2.05, 4.69) is 67.4 Å². The molecule has 0 unspecified atom stereocenters. The second-order valence-electron chi connectivity index (χ2n) is 8.49. The SMILES string of the molecule is CC[C@H](Cc1ccccc1)NC(=O)C1CCN(c2nc3c(C)cc(C)cc3s2)CC1. The van der Waals surface area contributed by atoms with Gasteiger partial charge in [0.2, 0.25) is 5.91 Å². The molecule has 0 spiro atoms. The first-order valence-corrected chi connectivity index (χ1v) is 11.8. The summed E-state index contributed by atoms with van der Waals surface area (Å²) in [6.45, 7) is 8.20. The van der Waals surface area contributed by atoms with Crippen LogP contribution in [0.5, 0.6) is 0 Å². The van der Waals surface area contributed by atoms with Gasteiger partial charge in [0.1, 0.15) is 0 Å². The predicted molar refractivity (Wildman–Crippen MR) is 126 cm³/mol. The van der Waals surface area contributed by atoms with Gasteiger partial charge in [-0.2, -0.15) is 0 Å². The van der Waals surface area contributed by atoms with Crippen molar-refractivity contribution in [3.63, 3.8) is 0 Å². The number of thiazole rings is 1. The first-order valence-electron chi connectivity index (χ1n) is 11.0. The molecule has 2 heterocycles. The molecule has 1 N–H and O–H groups in total. The molecule has 5 heteroatoms. The molecule has 3 aromatic rings. The van der Waals surface area contributed by atoms with Gasteiger partial charge in [-0.3, -0.25) is 4.79 Å². The zero-order valence-corrected chi connectivity index (χ0v) is 19.0. The number of nitrogens with zero attached hydrogens (tertiary/aromatic N) is 2. The van der Waals surface area contributed by atoms with Gasteiger partial charge in [0.25, 0.3) is 0 Å². The molecule has 4 rings (SSSR count). The van der Waals surface area contributed by atoms with E-state index in [4.69, 9.17) is 4.98 Å². The Morgan fingerprint density at radius 1 is 1.20 bits per heavy atom. The zero-order chi connectivity index (χ0) is 21.1. The fourth-order valence-electron chi connectivity index (χ4n) is 4.34. The molecule has 1 atom stereocenters. The number of aromatic nitrogens is 1. The molecule has 4 nitrogen and oxygen atoms in total. The topological polar surface area (TPSA) is 45.2 Å². The molecule has 1 aromatic heterocycles. The monoisotopic (exact) mass is 421 g/mol. The van der Waals surface area contributed by atoms with Gasteiger partial charge in [0.05, 0.1) is 10.2 Å². The van der Waals surface area contributed by atoms with E-state index in [1.165, 1.54) is 21.4 Å². The number of hydrogen-bond acceptors (Lipinski definition) is 4. The number of benzene rings is 2. The van der Waals surface area contributed by atoms with Crippen molar-refractivity contribution in [3.05, 3.63) is 59.2 Å². The Kier molecular flexibility index (Phi) is 6.38. The van der Waals surface area contributed by atoms with Crippen molar-refractivity contribution in [3.8, 4) is 0 Å².